The molecule has 0 amide bonds. The maximum absolute atomic E-state index is 2.57. The zero-order chi connectivity index (χ0) is 45.9. The number of hydrogen-bond acceptors (Lipinski definition) is 1. The predicted molar refractivity (Wildman–Crippen MR) is 296 cm³/mol. The molecule has 0 radical (unpaired) electrons. The quantitative estimate of drug-likeness (QED) is 0.156. The molecule has 2 aliphatic carbocycles. The highest BCUT2D eigenvalue weighted by Crippen LogP contribution is 2.64. The maximum Gasteiger partial charge on any atom is 0.0726 e. The molecule has 0 fully saturated rings. The average Bonchev–Trinajstić information content (AvgIpc) is 3.90. The van der Waals surface area contributed by atoms with E-state index in [-0.39, 0.29) is 0 Å². The Kier molecular flexibility index (Phi) is 8.35. The molecular weight excluding hydrogens is 843 g/mol. The van der Waals surface area contributed by atoms with E-state index >= 15 is 0 Å². The standard InChI is InChI=1S/C69H43N/c1-2-18-47-40-48(33-32-44(47)16-1)45-34-36-49(37-35-45)70(50-38-39-57-55-23-6-5-21-53(55)54-22-7-8-24-56(54)61(57)41-50)68-43-67-62(42-63(68)52-28-15-19-46-17-3-4-20-51(46)52)60-27-11-14-31-66(60)69(67)64-29-12-9-25-58(64)59-26-10-13-30-65(59)69/h1-43H. The zero-order valence-electron chi connectivity index (χ0n) is 38.3. The lowest BCUT2D eigenvalue weighted by Crippen LogP contribution is -2.26. The van der Waals surface area contributed by atoms with Crippen LogP contribution in [-0.2, 0) is 5.41 Å². The van der Waals surface area contributed by atoms with E-state index in [9.17, 15) is 0 Å². The van der Waals surface area contributed by atoms with Crippen LogP contribution in [-0.4, -0.2) is 0 Å². The van der Waals surface area contributed by atoms with Crippen LogP contribution in [0.5, 0.6) is 0 Å². The lowest BCUT2D eigenvalue weighted by molar-refractivity contribution is 0.794. The van der Waals surface area contributed by atoms with Gasteiger partial charge in [0.05, 0.1) is 11.1 Å². The Hall–Kier alpha value is -9.04. The third-order valence-corrected chi connectivity index (χ3v) is 15.6. The molecule has 324 valence electrons. The van der Waals surface area contributed by atoms with Crippen LogP contribution in [0.4, 0.5) is 17.1 Å². The second kappa shape index (κ2) is 15.0. The van der Waals surface area contributed by atoms with Crippen molar-refractivity contribution in [1.29, 1.82) is 0 Å². The van der Waals surface area contributed by atoms with Gasteiger partial charge in [0, 0.05) is 16.9 Å². The highest BCUT2D eigenvalue weighted by Gasteiger charge is 2.52. The minimum atomic E-state index is -0.519. The van der Waals surface area contributed by atoms with Crippen molar-refractivity contribution in [3.8, 4) is 44.5 Å². The van der Waals surface area contributed by atoms with E-state index in [1.807, 2.05) is 0 Å². The van der Waals surface area contributed by atoms with Gasteiger partial charge in [0.2, 0.25) is 0 Å². The smallest absolute Gasteiger partial charge is 0.0726 e. The molecule has 0 aromatic heterocycles. The van der Waals surface area contributed by atoms with E-state index in [0.29, 0.717) is 0 Å². The van der Waals surface area contributed by atoms with Gasteiger partial charge >= 0.3 is 0 Å². The molecule has 15 rings (SSSR count). The first-order chi connectivity index (χ1) is 34.7. The van der Waals surface area contributed by atoms with Crippen LogP contribution in [0.25, 0.3) is 98.4 Å². The zero-order valence-corrected chi connectivity index (χ0v) is 38.3. The van der Waals surface area contributed by atoms with Crippen molar-refractivity contribution >= 4 is 70.9 Å². The van der Waals surface area contributed by atoms with Crippen LogP contribution in [0.1, 0.15) is 22.3 Å². The fourth-order valence-corrected chi connectivity index (χ4v) is 12.6. The summed E-state index contributed by atoms with van der Waals surface area (Å²) in [4.78, 5) is 2.55. The van der Waals surface area contributed by atoms with E-state index in [4.69, 9.17) is 0 Å². The molecule has 0 atom stereocenters. The molecule has 0 unspecified atom stereocenters. The summed E-state index contributed by atoms with van der Waals surface area (Å²) in [6.45, 7) is 0. The summed E-state index contributed by atoms with van der Waals surface area (Å²) in [5.41, 5.74) is 18.0. The van der Waals surface area contributed by atoms with Gasteiger partial charge in [-0.1, -0.05) is 218 Å². The summed E-state index contributed by atoms with van der Waals surface area (Å²) in [6, 6.07) is 97.8. The Morgan fingerprint density at radius 1 is 0.229 bits per heavy atom. The fraction of sp³-hybridized carbons (Fsp3) is 0.0145. The van der Waals surface area contributed by atoms with Gasteiger partial charge in [-0.25, -0.2) is 0 Å². The molecule has 70 heavy (non-hydrogen) atoms. The first-order valence-electron chi connectivity index (χ1n) is 24.4. The lowest BCUT2D eigenvalue weighted by atomic mass is 9.70. The van der Waals surface area contributed by atoms with E-state index in [1.165, 1.54) is 121 Å². The van der Waals surface area contributed by atoms with Crippen molar-refractivity contribution in [2.45, 2.75) is 5.41 Å². The van der Waals surface area contributed by atoms with Crippen molar-refractivity contribution in [3.63, 3.8) is 0 Å². The number of anilines is 3. The molecule has 1 spiro atoms. The number of rotatable bonds is 5. The number of hydrogen-bond donors (Lipinski definition) is 0. The number of nitrogens with zero attached hydrogens (tertiary/aromatic N) is 1. The summed E-state index contributed by atoms with van der Waals surface area (Å²) >= 11 is 0. The molecular formula is C69H43N. The van der Waals surface area contributed by atoms with Gasteiger partial charge in [-0.3, -0.25) is 0 Å². The summed E-state index contributed by atoms with van der Waals surface area (Å²) in [7, 11) is 0. The number of fused-ring (bicyclic) bond motifs is 18. The normalized spacial score (nSPS) is 13.0. The van der Waals surface area contributed by atoms with Crippen molar-refractivity contribution < 1.29 is 0 Å². The topological polar surface area (TPSA) is 3.24 Å². The van der Waals surface area contributed by atoms with Gasteiger partial charge in [0.1, 0.15) is 0 Å². The summed E-state index contributed by atoms with van der Waals surface area (Å²) < 4.78 is 0. The summed E-state index contributed by atoms with van der Waals surface area (Å²) in [6.07, 6.45) is 0. The molecule has 0 heterocycles. The van der Waals surface area contributed by atoms with Gasteiger partial charge < -0.3 is 4.90 Å². The second-order valence-electron chi connectivity index (χ2n) is 19.1. The highest BCUT2D eigenvalue weighted by molar-refractivity contribution is 6.26. The van der Waals surface area contributed by atoms with Gasteiger partial charge in [-0.05, 0) is 158 Å². The molecule has 13 aromatic rings. The van der Waals surface area contributed by atoms with Crippen LogP contribution < -0.4 is 4.90 Å². The Balaban J connectivity index is 1.06. The lowest BCUT2D eigenvalue weighted by Gasteiger charge is -2.33. The Morgan fingerprint density at radius 3 is 1.36 bits per heavy atom. The van der Waals surface area contributed by atoms with Crippen molar-refractivity contribution in [2.24, 2.45) is 0 Å². The van der Waals surface area contributed by atoms with E-state index < -0.39 is 5.41 Å². The molecule has 0 saturated heterocycles. The van der Waals surface area contributed by atoms with Crippen LogP contribution in [0.2, 0.25) is 0 Å². The Bertz CT molecular complexity index is 4220. The average molecular weight is 886 g/mol. The summed E-state index contributed by atoms with van der Waals surface area (Å²) in [5.74, 6) is 0. The van der Waals surface area contributed by atoms with Crippen molar-refractivity contribution in [3.05, 3.63) is 283 Å². The molecule has 0 saturated carbocycles. The van der Waals surface area contributed by atoms with Gasteiger partial charge in [0.15, 0.2) is 0 Å². The molecule has 2 aliphatic rings. The largest absolute Gasteiger partial charge is 0.310 e. The molecule has 13 aromatic carbocycles. The summed E-state index contributed by atoms with van der Waals surface area (Å²) in [5, 5.41) is 12.5. The maximum atomic E-state index is 2.57. The van der Waals surface area contributed by atoms with E-state index in [2.05, 4.69) is 266 Å². The number of benzene rings is 13. The monoisotopic (exact) mass is 885 g/mol. The molecule has 0 bridgehead atoms. The molecule has 0 N–H and O–H groups in total. The highest BCUT2D eigenvalue weighted by atomic mass is 15.1. The van der Waals surface area contributed by atoms with Crippen molar-refractivity contribution in [2.75, 3.05) is 4.90 Å². The third kappa shape index (κ3) is 5.49. The minimum absolute atomic E-state index is 0.519. The molecule has 1 heteroatoms. The van der Waals surface area contributed by atoms with Gasteiger partial charge in [-0.2, -0.15) is 0 Å². The Morgan fingerprint density at radius 2 is 0.700 bits per heavy atom. The fourth-order valence-electron chi connectivity index (χ4n) is 12.6. The van der Waals surface area contributed by atoms with Gasteiger partial charge in [-0.15, -0.1) is 0 Å². The Labute approximate surface area is 406 Å². The predicted octanol–water partition coefficient (Wildman–Crippen LogP) is 18.6. The van der Waals surface area contributed by atoms with E-state index in [0.717, 1.165) is 17.1 Å². The first-order valence-corrected chi connectivity index (χ1v) is 24.4. The molecule has 0 aliphatic heterocycles. The second-order valence-corrected chi connectivity index (χ2v) is 19.1. The minimum Gasteiger partial charge on any atom is -0.310 e. The molecule has 1 nitrogen and oxygen atoms in total. The van der Waals surface area contributed by atoms with Crippen LogP contribution >= 0.6 is 0 Å². The van der Waals surface area contributed by atoms with E-state index in [1.54, 1.807) is 0 Å². The SMILES string of the molecule is c1ccc2c(c1)-c1ccccc1C21c2ccccc2-c2cc(-c3cccc4ccccc34)c(N(c3ccc(-c4ccc5ccccc5c4)cc3)c3ccc4c5ccccc5c5ccccc5c4c3)cc21. The van der Waals surface area contributed by atoms with Gasteiger partial charge in [0.25, 0.3) is 0 Å². The van der Waals surface area contributed by atoms with Crippen LogP contribution in [0.15, 0.2) is 261 Å². The van der Waals surface area contributed by atoms with Crippen LogP contribution in [0, 0.1) is 0 Å². The first kappa shape index (κ1) is 39.0. The van der Waals surface area contributed by atoms with Crippen LogP contribution in [0.3, 0.4) is 0 Å². The third-order valence-electron chi connectivity index (χ3n) is 15.6. The van der Waals surface area contributed by atoms with Crippen molar-refractivity contribution in [1.82, 2.24) is 0 Å².